The minimum Gasteiger partial charge on any atom is -0.506 e. The van der Waals surface area contributed by atoms with Crippen LogP contribution in [-0.4, -0.2) is 44.8 Å². The molecule has 0 radical (unpaired) electrons. The van der Waals surface area contributed by atoms with E-state index in [0.717, 1.165) is 10.3 Å². The van der Waals surface area contributed by atoms with Crippen molar-refractivity contribution in [2.45, 2.75) is 6.61 Å². The van der Waals surface area contributed by atoms with Crippen LogP contribution < -0.4 is 16.0 Å². The zero-order valence-electron chi connectivity index (χ0n) is 23.4. The van der Waals surface area contributed by atoms with E-state index in [0.29, 0.717) is 21.2 Å². The van der Waals surface area contributed by atoms with Gasteiger partial charge in [0.05, 0.1) is 21.9 Å². The molecule has 0 amide bonds. The molecule has 0 saturated carbocycles. The van der Waals surface area contributed by atoms with Gasteiger partial charge in [-0.2, -0.15) is 0 Å². The second-order valence-electron chi connectivity index (χ2n) is 9.67. The lowest BCUT2D eigenvalue weighted by Gasteiger charge is -2.14. The van der Waals surface area contributed by atoms with Gasteiger partial charge in [-0.3, -0.25) is 9.59 Å². The fourth-order valence-electron chi connectivity index (χ4n) is 4.75. The predicted molar refractivity (Wildman–Crippen MR) is 166 cm³/mol. The van der Waals surface area contributed by atoms with E-state index in [2.05, 4.69) is 19.9 Å². The quantitative estimate of drug-likeness (QED) is 0.244. The van der Waals surface area contributed by atoms with E-state index >= 15 is 0 Å². The number of aromatic hydroxyl groups is 2. The van der Waals surface area contributed by atoms with E-state index in [1.165, 1.54) is 25.0 Å². The largest absolute Gasteiger partial charge is 0.506 e. The third-order valence-corrected chi connectivity index (χ3v) is 6.89. The Balaban J connectivity index is 0.000000167. The first kappa shape index (κ1) is 28.6. The van der Waals surface area contributed by atoms with Crippen LogP contribution >= 0.6 is 0 Å². The van der Waals surface area contributed by atoms with E-state index in [-0.39, 0.29) is 45.9 Å². The van der Waals surface area contributed by atoms with Gasteiger partial charge < -0.3 is 20.3 Å². The molecule has 4 aromatic heterocycles. The lowest BCUT2D eigenvalue weighted by Crippen LogP contribution is -2.29. The molecule has 0 spiro atoms. The molecule has 3 N–H and O–H groups in total. The average Bonchev–Trinajstić information content (AvgIpc) is 3.09. The Labute approximate surface area is 254 Å². The average molecular weight is 601 g/mol. The Bertz CT molecular complexity index is 2240. The maximum Gasteiger partial charge on any atom is 0.296 e. The highest BCUT2D eigenvalue weighted by molar-refractivity contribution is 5.90. The van der Waals surface area contributed by atoms with Crippen molar-refractivity contribution in [3.8, 4) is 33.8 Å². The summed E-state index contributed by atoms with van der Waals surface area (Å²) in [5, 5.41) is 31.2. The zero-order chi connectivity index (χ0) is 31.3. The fraction of sp³-hybridized carbons (Fsp3) is 0.0303. The molecule has 0 aliphatic carbocycles. The Hall–Kier alpha value is -6.56. The Morgan fingerprint density at radius 2 is 1.09 bits per heavy atom. The molecule has 12 heteroatoms. The second-order valence-corrected chi connectivity index (χ2v) is 9.67. The van der Waals surface area contributed by atoms with Gasteiger partial charge in [0.25, 0.3) is 11.1 Å². The van der Waals surface area contributed by atoms with E-state index in [1.807, 2.05) is 36.4 Å². The first-order valence-electron chi connectivity index (χ1n) is 13.6. The van der Waals surface area contributed by atoms with Crippen LogP contribution in [0.25, 0.3) is 44.3 Å². The van der Waals surface area contributed by atoms with E-state index in [1.54, 1.807) is 54.6 Å². The van der Waals surface area contributed by atoms with Crippen LogP contribution in [0, 0.1) is 0 Å². The number of aromatic nitrogens is 6. The maximum atomic E-state index is 13.0. The molecule has 12 nitrogen and oxygen atoms in total. The monoisotopic (exact) mass is 600 g/mol. The summed E-state index contributed by atoms with van der Waals surface area (Å²) < 4.78 is 1.53. The molecule has 0 unspecified atom stereocenters. The van der Waals surface area contributed by atoms with Crippen molar-refractivity contribution >= 4 is 22.1 Å². The molecule has 7 rings (SSSR count). The van der Waals surface area contributed by atoms with Crippen molar-refractivity contribution in [1.29, 1.82) is 0 Å². The molecular formula is C33H24N6O6. The Morgan fingerprint density at radius 3 is 1.64 bits per heavy atom. The maximum absolute atomic E-state index is 13.0. The molecule has 3 aromatic carbocycles. The minimum absolute atomic E-state index is 0.0189. The van der Waals surface area contributed by atoms with Gasteiger partial charge in [0.15, 0.2) is 11.3 Å². The number of benzene rings is 3. The van der Waals surface area contributed by atoms with Crippen LogP contribution in [0.5, 0.6) is 11.5 Å². The standard InChI is InChI=1S/C20H15N3O3.C13H9N3O3/c24-18-16-11-21-13-22-19(16)23(26-12-14-7-3-1-4-8-14)20(25)17(18)15-9-5-2-6-10-15;17-11-9-6-14-7-15-12(9)16(19)13(18)10(11)8-4-2-1-3-5-8/h1-11,13,24H,12H2;1-7,17,19H. The van der Waals surface area contributed by atoms with E-state index in [9.17, 15) is 25.0 Å². The van der Waals surface area contributed by atoms with Gasteiger partial charge in [-0.1, -0.05) is 91.0 Å². The first-order chi connectivity index (χ1) is 22.0. The van der Waals surface area contributed by atoms with Gasteiger partial charge in [0, 0.05) is 12.4 Å². The smallest absolute Gasteiger partial charge is 0.296 e. The van der Waals surface area contributed by atoms with Gasteiger partial charge in [-0.05, 0) is 16.7 Å². The summed E-state index contributed by atoms with van der Waals surface area (Å²) in [4.78, 5) is 46.5. The summed E-state index contributed by atoms with van der Waals surface area (Å²) in [7, 11) is 0. The van der Waals surface area contributed by atoms with Crippen LogP contribution in [0.2, 0.25) is 0 Å². The van der Waals surface area contributed by atoms with Crippen LogP contribution in [0.4, 0.5) is 0 Å². The number of pyridine rings is 2. The van der Waals surface area contributed by atoms with Crippen molar-refractivity contribution in [3.05, 3.63) is 142 Å². The van der Waals surface area contributed by atoms with Crippen molar-refractivity contribution < 1.29 is 20.3 Å². The molecule has 0 atom stereocenters. The summed E-state index contributed by atoms with van der Waals surface area (Å²) in [5.74, 6) is -0.395. The van der Waals surface area contributed by atoms with Crippen LogP contribution in [0.1, 0.15) is 5.56 Å². The minimum atomic E-state index is -0.727. The molecule has 0 fully saturated rings. The normalized spacial score (nSPS) is 10.8. The van der Waals surface area contributed by atoms with Gasteiger partial charge >= 0.3 is 0 Å². The van der Waals surface area contributed by atoms with Crippen LogP contribution in [0.15, 0.2) is 126 Å². The summed E-state index contributed by atoms with van der Waals surface area (Å²) in [6.45, 7) is 0.193. The number of hydrogen-bond donors (Lipinski definition) is 3. The van der Waals surface area contributed by atoms with E-state index < -0.39 is 11.1 Å². The SMILES string of the molecule is O=c1c(-c2ccccc2)c(O)c2cncnc2n1O.O=c1c(-c2ccccc2)c(O)c2cncnc2n1OCc1ccccc1. The number of hydrogen-bond acceptors (Lipinski definition) is 10. The third kappa shape index (κ3) is 5.50. The second kappa shape index (κ2) is 12.4. The van der Waals surface area contributed by atoms with Gasteiger partial charge in [-0.25, -0.2) is 19.9 Å². The molecule has 0 saturated heterocycles. The summed E-state index contributed by atoms with van der Waals surface area (Å²) in [5.41, 5.74) is 1.18. The van der Waals surface area contributed by atoms with Crippen molar-refractivity contribution in [1.82, 2.24) is 29.4 Å². The summed E-state index contributed by atoms with van der Waals surface area (Å²) in [6, 6.07) is 27.1. The number of nitrogens with zero attached hydrogens (tertiary/aromatic N) is 6. The van der Waals surface area contributed by atoms with Crippen molar-refractivity contribution in [3.63, 3.8) is 0 Å². The van der Waals surface area contributed by atoms with Gasteiger partial charge in [0.1, 0.15) is 30.8 Å². The summed E-state index contributed by atoms with van der Waals surface area (Å²) in [6.07, 6.45) is 5.31. The molecule has 222 valence electrons. The highest BCUT2D eigenvalue weighted by atomic mass is 16.7. The molecule has 0 bridgehead atoms. The van der Waals surface area contributed by atoms with Crippen molar-refractivity contribution in [2.75, 3.05) is 0 Å². The zero-order valence-corrected chi connectivity index (χ0v) is 23.4. The molecule has 0 aliphatic rings. The highest BCUT2D eigenvalue weighted by Gasteiger charge is 2.20. The fourth-order valence-corrected chi connectivity index (χ4v) is 4.75. The highest BCUT2D eigenvalue weighted by Crippen LogP contribution is 2.32. The number of fused-ring (bicyclic) bond motifs is 2. The third-order valence-electron chi connectivity index (χ3n) is 6.89. The van der Waals surface area contributed by atoms with E-state index in [4.69, 9.17) is 4.84 Å². The first-order valence-corrected chi connectivity index (χ1v) is 13.6. The van der Waals surface area contributed by atoms with Gasteiger partial charge in [0.2, 0.25) is 0 Å². The number of rotatable bonds is 5. The van der Waals surface area contributed by atoms with Crippen LogP contribution in [-0.2, 0) is 6.61 Å². The van der Waals surface area contributed by atoms with Crippen LogP contribution in [0.3, 0.4) is 0 Å². The molecular weight excluding hydrogens is 576 g/mol. The molecule has 0 aliphatic heterocycles. The summed E-state index contributed by atoms with van der Waals surface area (Å²) >= 11 is 0. The lowest BCUT2D eigenvalue weighted by atomic mass is 10.1. The molecule has 7 aromatic rings. The molecule has 4 heterocycles. The molecule has 45 heavy (non-hydrogen) atoms. The van der Waals surface area contributed by atoms with Crippen molar-refractivity contribution in [2.24, 2.45) is 0 Å². The van der Waals surface area contributed by atoms with Gasteiger partial charge in [-0.15, -0.1) is 9.46 Å². The predicted octanol–water partition coefficient (Wildman–Crippen LogP) is 4.19. The topological polar surface area (TPSA) is 165 Å². The Morgan fingerprint density at radius 1 is 0.622 bits per heavy atom. The lowest BCUT2D eigenvalue weighted by molar-refractivity contribution is 0.0980. The Kier molecular flexibility index (Phi) is 7.84.